The summed E-state index contributed by atoms with van der Waals surface area (Å²) in [6.45, 7) is 10.3. The molecule has 1 atom stereocenters. The Bertz CT molecular complexity index is 1290. The number of aliphatic carboxylic acids is 1. The first kappa shape index (κ1) is 28.2. The van der Waals surface area contributed by atoms with Crippen LogP contribution in [0.5, 0.6) is 0 Å². The number of amides is 1. The van der Waals surface area contributed by atoms with E-state index in [0.717, 1.165) is 28.5 Å². The van der Waals surface area contributed by atoms with Crippen LogP contribution in [0.1, 0.15) is 45.7 Å². The molecule has 0 saturated carbocycles. The lowest BCUT2D eigenvalue weighted by Crippen LogP contribution is -2.43. The van der Waals surface area contributed by atoms with Crippen LogP contribution in [0.25, 0.3) is 22.5 Å². The van der Waals surface area contributed by atoms with Gasteiger partial charge in [-0.3, -0.25) is 4.79 Å². The van der Waals surface area contributed by atoms with Crippen molar-refractivity contribution in [2.24, 2.45) is 0 Å². The molecule has 0 bridgehead atoms. The van der Waals surface area contributed by atoms with Gasteiger partial charge in [-0.15, -0.1) is 0 Å². The smallest absolute Gasteiger partial charge is 0.326 e. The molecule has 1 amide bonds. The maximum absolute atomic E-state index is 12.5. The van der Waals surface area contributed by atoms with Crippen LogP contribution in [0, 0.1) is 5.41 Å². The average molecular weight is 514 g/mol. The predicted molar refractivity (Wildman–Crippen MR) is 150 cm³/mol. The lowest BCUT2D eigenvalue weighted by atomic mass is 9.86. The van der Waals surface area contributed by atoms with Crippen LogP contribution in [0.15, 0.2) is 72.7 Å². The zero-order valence-corrected chi connectivity index (χ0v) is 22.4. The SMILES string of the molecule is CC(C)N/C=C(\C=N)C(=O)NC(Cc1ccc(-c2ncc(-c3ccc(C(C)(C)C)cc3)cn2)cc1)C(=O)O. The summed E-state index contributed by atoms with van der Waals surface area (Å²) >= 11 is 0. The highest BCUT2D eigenvalue weighted by Gasteiger charge is 2.22. The molecule has 0 aliphatic carbocycles. The molecule has 1 aromatic heterocycles. The Kier molecular flexibility index (Phi) is 9.12. The molecule has 38 heavy (non-hydrogen) atoms. The lowest BCUT2D eigenvalue weighted by Gasteiger charge is -2.19. The van der Waals surface area contributed by atoms with E-state index >= 15 is 0 Å². The van der Waals surface area contributed by atoms with Crippen molar-refractivity contribution in [1.29, 1.82) is 5.41 Å². The first-order chi connectivity index (χ1) is 18.0. The number of carbonyl (C=O) groups excluding carboxylic acids is 1. The number of carboxylic acid groups (broad SMARTS) is 1. The molecule has 4 N–H and O–H groups in total. The molecule has 0 saturated heterocycles. The maximum atomic E-state index is 12.5. The van der Waals surface area contributed by atoms with Gasteiger partial charge in [-0.2, -0.15) is 0 Å². The van der Waals surface area contributed by atoms with Crippen molar-refractivity contribution in [3.05, 3.63) is 83.8 Å². The minimum atomic E-state index is -1.15. The summed E-state index contributed by atoms with van der Waals surface area (Å²) in [5.74, 6) is -1.22. The van der Waals surface area contributed by atoms with Crippen LogP contribution in [0.4, 0.5) is 0 Å². The molecule has 8 heteroatoms. The first-order valence-corrected chi connectivity index (χ1v) is 12.5. The molecular weight excluding hydrogens is 478 g/mol. The summed E-state index contributed by atoms with van der Waals surface area (Å²) in [5, 5.41) is 22.5. The van der Waals surface area contributed by atoms with Crippen molar-refractivity contribution in [1.82, 2.24) is 20.6 Å². The number of hydrogen-bond donors (Lipinski definition) is 4. The fraction of sp³-hybridized carbons (Fsp3) is 0.300. The summed E-state index contributed by atoms with van der Waals surface area (Å²) < 4.78 is 0. The van der Waals surface area contributed by atoms with Crippen LogP contribution >= 0.6 is 0 Å². The van der Waals surface area contributed by atoms with Gasteiger partial charge in [0, 0.05) is 48.4 Å². The van der Waals surface area contributed by atoms with Crippen molar-refractivity contribution >= 4 is 18.1 Å². The van der Waals surface area contributed by atoms with Crippen molar-refractivity contribution < 1.29 is 14.7 Å². The molecule has 3 aromatic rings. The largest absolute Gasteiger partial charge is 0.480 e. The van der Waals surface area contributed by atoms with E-state index in [4.69, 9.17) is 5.41 Å². The number of benzene rings is 2. The summed E-state index contributed by atoms with van der Waals surface area (Å²) in [6.07, 6.45) is 5.98. The zero-order chi connectivity index (χ0) is 27.9. The number of nitrogens with zero attached hydrogens (tertiary/aromatic N) is 2. The van der Waals surface area contributed by atoms with E-state index < -0.39 is 17.9 Å². The minimum Gasteiger partial charge on any atom is -0.480 e. The third-order valence-corrected chi connectivity index (χ3v) is 5.98. The molecule has 1 unspecified atom stereocenters. The van der Waals surface area contributed by atoms with Gasteiger partial charge in [-0.1, -0.05) is 69.3 Å². The van der Waals surface area contributed by atoms with Gasteiger partial charge in [0.2, 0.25) is 0 Å². The highest BCUT2D eigenvalue weighted by Crippen LogP contribution is 2.26. The Morgan fingerprint density at radius 1 is 0.947 bits per heavy atom. The van der Waals surface area contributed by atoms with Crippen LogP contribution < -0.4 is 10.6 Å². The summed E-state index contributed by atoms with van der Waals surface area (Å²) in [6, 6.07) is 14.6. The highest BCUT2D eigenvalue weighted by atomic mass is 16.4. The van der Waals surface area contributed by atoms with Gasteiger partial charge in [-0.05, 0) is 36.0 Å². The van der Waals surface area contributed by atoms with Crippen molar-refractivity contribution in [3.8, 4) is 22.5 Å². The third-order valence-electron chi connectivity index (χ3n) is 5.98. The van der Waals surface area contributed by atoms with Gasteiger partial charge in [0.05, 0.1) is 5.57 Å². The second kappa shape index (κ2) is 12.3. The zero-order valence-electron chi connectivity index (χ0n) is 22.4. The van der Waals surface area contributed by atoms with Crippen LogP contribution in [0.2, 0.25) is 0 Å². The lowest BCUT2D eigenvalue weighted by molar-refractivity contribution is -0.141. The van der Waals surface area contributed by atoms with E-state index in [9.17, 15) is 14.7 Å². The molecule has 2 aromatic carbocycles. The molecule has 0 aliphatic heterocycles. The van der Waals surface area contributed by atoms with Gasteiger partial charge >= 0.3 is 5.97 Å². The summed E-state index contributed by atoms with van der Waals surface area (Å²) in [7, 11) is 0. The van der Waals surface area contributed by atoms with Crippen LogP contribution in [-0.2, 0) is 21.4 Å². The second-order valence-electron chi connectivity index (χ2n) is 10.5. The molecule has 0 spiro atoms. The molecule has 0 aliphatic rings. The van der Waals surface area contributed by atoms with Gasteiger partial charge in [-0.25, -0.2) is 14.8 Å². The Morgan fingerprint density at radius 3 is 2.03 bits per heavy atom. The van der Waals surface area contributed by atoms with Gasteiger partial charge in [0.25, 0.3) is 5.91 Å². The number of nitrogens with one attached hydrogen (secondary N) is 3. The topological polar surface area (TPSA) is 128 Å². The third kappa shape index (κ3) is 7.59. The Hall–Kier alpha value is -4.33. The normalized spacial score (nSPS) is 12.6. The first-order valence-electron chi connectivity index (χ1n) is 12.5. The Balaban J connectivity index is 1.68. The number of hydrogen-bond acceptors (Lipinski definition) is 6. The standard InChI is InChI=1S/C30H35N5O3/c1-19(2)32-16-23(15-31)28(36)35-26(29(37)38)14-20-6-8-22(9-7-20)27-33-17-24(18-34-27)21-10-12-25(13-11-21)30(3,4)5/h6-13,15-19,26,31-32H,14H2,1-5H3,(H,35,36)(H,37,38)/b23-16+,31-15?. The van der Waals surface area contributed by atoms with Gasteiger partial charge in [0.15, 0.2) is 5.82 Å². The molecular formula is C30H35N5O3. The maximum Gasteiger partial charge on any atom is 0.326 e. The van der Waals surface area contributed by atoms with E-state index in [1.165, 1.54) is 11.8 Å². The molecule has 3 rings (SSSR count). The Labute approximate surface area is 223 Å². The van der Waals surface area contributed by atoms with Gasteiger partial charge < -0.3 is 21.1 Å². The molecule has 0 fully saturated rings. The van der Waals surface area contributed by atoms with E-state index in [2.05, 4.69) is 65.6 Å². The van der Waals surface area contributed by atoms with Gasteiger partial charge in [0.1, 0.15) is 6.04 Å². The fourth-order valence-electron chi connectivity index (χ4n) is 3.69. The molecule has 8 nitrogen and oxygen atoms in total. The highest BCUT2D eigenvalue weighted by molar-refractivity contribution is 6.12. The molecule has 0 radical (unpaired) electrons. The molecule has 198 valence electrons. The minimum absolute atomic E-state index is 0.0473. The number of carboxylic acids is 1. The molecule has 1 heterocycles. The average Bonchev–Trinajstić information content (AvgIpc) is 2.88. The predicted octanol–water partition coefficient (Wildman–Crippen LogP) is 4.75. The van der Waals surface area contributed by atoms with Crippen LogP contribution in [0.3, 0.4) is 0 Å². The van der Waals surface area contributed by atoms with E-state index in [-0.39, 0.29) is 23.5 Å². The monoisotopic (exact) mass is 513 g/mol. The van der Waals surface area contributed by atoms with Crippen molar-refractivity contribution in [3.63, 3.8) is 0 Å². The quantitative estimate of drug-likeness (QED) is 0.229. The fourth-order valence-corrected chi connectivity index (χ4v) is 3.69. The van der Waals surface area contributed by atoms with Crippen LogP contribution in [-0.4, -0.2) is 45.2 Å². The number of aromatic nitrogens is 2. The number of rotatable bonds is 10. The van der Waals surface area contributed by atoms with E-state index in [0.29, 0.717) is 5.82 Å². The second-order valence-corrected chi connectivity index (χ2v) is 10.5. The van der Waals surface area contributed by atoms with Crippen molar-refractivity contribution in [2.75, 3.05) is 0 Å². The summed E-state index contributed by atoms with van der Waals surface area (Å²) in [5.41, 5.74) is 4.90. The van der Waals surface area contributed by atoms with Crippen molar-refractivity contribution in [2.45, 2.75) is 58.5 Å². The Morgan fingerprint density at radius 2 is 1.53 bits per heavy atom. The number of carbonyl (C=O) groups is 2. The van der Waals surface area contributed by atoms with E-state index in [1.54, 1.807) is 24.5 Å². The summed E-state index contributed by atoms with van der Waals surface area (Å²) in [4.78, 5) is 33.3. The van der Waals surface area contributed by atoms with E-state index in [1.807, 2.05) is 26.0 Å².